The second-order valence-corrected chi connectivity index (χ2v) is 20.1. The van der Waals surface area contributed by atoms with E-state index in [0.717, 1.165) is 68.2 Å². The minimum Gasteiger partial charge on any atom is -0.418 e. The Bertz CT molecular complexity index is 1450. The van der Waals surface area contributed by atoms with Crippen LogP contribution < -0.4 is 0 Å². The highest BCUT2D eigenvalue weighted by Crippen LogP contribution is 2.77. The molecular weight excluding hydrogens is 645 g/mol. The molecule has 0 saturated heterocycles. The van der Waals surface area contributed by atoms with Gasteiger partial charge < -0.3 is 33.6 Å². The molecule has 2 N–H and O–H groups in total. The zero-order valence-corrected chi connectivity index (χ0v) is 31.3. The van der Waals surface area contributed by atoms with Crippen molar-refractivity contribution in [2.24, 2.45) is 5.41 Å². The predicted molar refractivity (Wildman–Crippen MR) is 198 cm³/mol. The summed E-state index contributed by atoms with van der Waals surface area (Å²) in [6.45, 7) is 8.84. The van der Waals surface area contributed by atoms with E-state index in [1.54, 1.807) is 0 Å². The lowest BCUT2D eigenvalue weighted by Crippen LogP contribution is -2.66. The standard InChI is InChI=1S/C42H58O7Si/c1-50(2,3)49-29-19-5-4-18-28-45-38-36(46-30-33-20-10-6-11-21-33)37(47-31-34-22-12-7-13-23-34)39(48-32-35-24-14-8-15-25-35)42(44)40(41(38,42)43)26-16-9-17-27-40/h6-8,10-15,20-25,36-39,43-44H,4-5,9,16-19,26-32H2,1-3H3. The van der Waals surface area contributed by atoms with Gasteiger partial charge in [-0.05, 0) is 62.0 Å². The number of aliphatic hydroxyl groups is 2. The maximum absolute atomic E-state index is 13.0. The average Bonchev–Trinajstić information content (AvgIpc) is 3.54. The molecular formula is C42H58O7Si. The van der Waals surface area contributed by atoms with Gasteiger partial charge in [-0.1, -0.05) is 123 Å². The van der Waals surface area contributed by atoms with Crippen LogP contribution in [-0.4, -0.2) is 67.4 Å². The Morgan fingerprint density at radius 1 is 0.540 bits per heavy atom. The van der Waals surface area contributed by atoms with Crippen LogP contribution in [0.2, 0.25) is 19.6 Å². The van der Waals surface area contributed by atoms with Gasteiger partial charge in [-0.2, -0.15) is 0 Å². The van der Waals surface area contributed by atoms with Crippen LogP contribution in [0.1, 0.15) is 74.5 Å². The zero-order chi connectivity index (χ0) is 35.1. The Balaban J connectivity index is 1.30. The number of hydrogen-bond acceptors (Lipinski definition) is 7. The number of unbranched alkanes of at least 4 members (excludes halogenated alkanes) is 3. The Morgan fingerprint density at radius 3 is 1.42 bits per heavy atom. The molecule has 0 amide bonds. The highest BCUT2D eigenvalue weighted by molar-refractivity contribution is 6.69. The van der Waals surface area contributed by atoms with Crippen molar-refractivity contribution < 1.29 is 33.6 Å². The number of rotatable bonds is 18. The maximum atomic E-state index is 13.0. The molecule has 3 saturated carbocycles. The van der Waals surface area contributed by atoms with Crippen LogP contribution >= 0.6 is 0 Å². The van der Waals surface area contributed by atoms with Crippen molar-refractivity contribution in [2.75, 3.05) is 13.2 Å². The molecule has 0 radical (unpaired) electrons. The van der Waals surface area contributed by atoms with E-state index >= 15 is 0 Å². The predicted octanol–water partition coefficient (Wildman–Crippen LogP) is 7.98. The van der Waals surface area contributed by atoms with Crippen molar-refractivity contribution in [1.29, 1.82) is 0 Å². The molecule has 7 nitrogen and oxygen atoms in total. The molecule has 0 heterocycles. The molecule has 3 aliphatic carbocycles. The van der Waals surface area contributed by atoms with Gasteiger partial charge in [-0.25, -0.2) is 0 Å². The summed E-state index contributed by atoms with van der Waals surface area (Å²) in [6.07, 6.45) is 5.30. The first-order chi connectivity index (χ1) is 24.2. The molecule has 50 heavy (non-hydrogen) atoms. The number of fused-ring (bicyclic) bond motifs is 3. The molecule has 3 aliphatic rings. The summed E-state index contributed by atoms with van der Waals surface area (Å²) in [5, 5.41) is 26.1. The Hall–Kier alpha value is -2.40. The lowest BCUT2D eigenvalue weighted by atomic mass is 9.81. The Morgan fingerprint density at radius 2 is 0.960 bits per heavy atom. The third kappa shape index (κ3) is 7.83. The van der Waals surface area contributed by atoms with Gasteiger partial charge in [0.1, 0.15) is 35.6 Å². The van der Waals surface area contributed by atoms with Crippen LogP contribution in [0.15, 0.2) is 91.0 Å². The van der Waals surface area contributed by atoms with E-state index in [9.17, 15) is 10.2 Å². The van der Waals surface area contributed by atoms with Gasteiger partial charge in [-0.15, -0.1) is 0 Å². The third-order valence-electron chi connectivity index (χ3n) is 11.1. The smallest absolute Gasteiger partial charge is 0.183 e. The second-order valence-electron chi connectivity index (χ2n) is 15.6. The molecule has 6 unspecified atom stereocenters. The molecule has 6 rings (SSSR count). The lowest BCUT2D eigenvalue weighted by molar-refractivity contribution is -0.272. The fourth-order valence-corrected chi connectivity index (χ4v) is 9.42. The van der Waals surface area contributed by atoms with E-state index in [1.165, 1.54) is 0 Å². The van der Waals surface area contributed by atoms with Crippen molar-refractivity contribution in [3.05, 3.63) is 108 Å². The molecule has 8 heteroatoms. The summed E-state index contributed by atoms with van der Waals surface area (Å²) < 4.78 is 33.3. The number of benzene rings is 3. The number of ether oxygens (including phenoxy) is 4. The normalized spacial score (nSPS) is 28.7. The molecule has 0 aliphatic heterocycles. The Labute approximate surface area is 300 Å². The molecule has 3 aromatic carbocycles. The largest absolute Gasteiger partial charge is 0.418 e. The third-order valence-corrected chi connectivity index (χ3v) is 12.2. The van der Waals surface area contributed by atoms with Crippen LogP contribution in [0.5, 0.6) is 0 Å². The molecule has 0 bridgehead atoms. The van der Waals surface area contributed by atoms with Crippen LogP contribution in [0, 0.1) is 5.41 Å². The second kappa shape index (κ2) is 16.5. The topological polar surface area (TPSA) is 86.6 Å². The van der Waals surface area contributed by atoms with Crippen molar-refractivity contribution in [3.63, 3.8) is 0 Å². The summed E-state index contributed by atoms with van der Waals surface area (Å²) in [5.74, 6) is 0. The quantitative estimate of drug-likeness (QED) is 0.103. The first-order valence-corrected chi connectivity index (χ1v) is 22.3. The first-order valence-electron chi connectivity index (χ1n) is 18.9. The van der Waals surface area contributed by atoms with Crippen molar-refractivity contribution in [1.82, 2.24) is 0 Å². The van der Waals surface area contributed by atoms with Crippen molar-refractivity contribution >= 4 is 8.32 Å². The minimum atomic E-state index is -1.55. The summed E-state index contributed by atoms with van der Waals surface area (Å²) >= 11 is 0. The highest BCUT2D eigenvalue weighted by atomic mass is 28.4. The van der Waals surface area contributed by atoms with Gasteiger partial charge in [0, 0.05) is 18.6 Å². The molecule has 3 aromatic rings. The minimum absolute atomic E-state index is 0.281. The van der Waals surface area contributed by atoms with Crippen molar-refractivity contribution in [2.45, 2.75) is 133 Å². The fraction of sp³-hybridized carbons (Fsp3) is 0.571. The molecule has 3 fully saturated rings. The summed E-state index contributed by atoms with van der Waals surface area (Å²) in [4.78, 5) is 0. The van der Waals surface area contributed by atoms with Gasteiger partial charge in [-0.3, -0.25) is 0 Å². The van der Waals surface area contributed by atoms with Gasteiger partial charge in [0.05, 0.1) is 19.8 Å². The van der Waals surface area contributed by atoms with E-state index in [1.807, 2.05) is 91.0 Å². The number of hydrogen-bond donors (Lipinski definition) is 2. The summed E-state index contributed by atoms with van der Waals surface area (Å²) in [7, 11) is -1.51. The summed E-state index contributed by atoms with van der Waals surface area (Å²) in [6, 6.07) is 30.1. The van der Waals surface area contributed by atoms with E-state index in [4.69, 9.17) is 23.4 Å². The van der Waals surface area contributed by atoms with Gasteiger partial charge in [0.15, 0.2) is 8.32 Å². The average molecular weight is 703 g/mol. The SMILES string of the molecule is C[Si](C)(C)OCCCCCCOC1C(OCc2ccccc2)C(OCc2ccccc2)C(OCc2ccccc2)C2(O)C3(CCCCC3)C12O. The summed E-state index contributed by atoms with van der Waals surface area (Å²) in [5.41, 5.74) is -0.829. The van der Waals surface area contributed by atoms with E-state index in [2.05, 4.69) is 19.6 Å². The van der Waals surface area contributed by atoms with Crippen LogP contribution in [-0.2, 0) is 43.2 Å². The molecule has 1 spiro atoms. The Kier molecular flexibility index (Phi) is 12.3. The van der Waals surface area contributed by atoms with Gasteiger partial charge in [0.2, 0.25) is 0 Å². The van der Waals surface area contributed by atoms with E-state index in [0.29, 0.717) is 32.7 Å². The lowest BCUT2D eigenvalue weighted by Gasteiger charge is -2.46. The van der Waals surface area contributed by atoms with Gasteiger partial charge in [0.25, 0.3) is 0 Å². The van der Waals surface area contributed by atoms with E-state index in [-0.39, 0.29) is 6.61 Å². The molecule has 0 aromatic heterocycles. The first kappa shape index (κ1) is 37.4. The molecule has 272 valence electrons. The zero-order valence-electron chi connectivity index (χ0n) is 30.3. The highest BCUT2D eigenvalue weighted by Gasteiger charge is 2.95. The monoisotopic (exact) mass is 702 g/mol. The van der Waals surface area contributed by atoms with Crippen LogP contribution in [0.4, 0.5) is 0 Å². The maximum Gasteiger partial charge on any atom is 0.183 e. The molecule has 6 atom stereocenters. The fourth-order valence-electron chi connectivity index (χ4n) is 8.66. The van der Waals surface area contributed by atoms with E-state index < -0.39 is 49.4 Å². The van der Waals surface area contributed by atoms with Crippen LogP contribution in [0.3, 0.4) is 0 Å². The van der Waals surface area contributed by atoms with Crippen LogP contribution in [0.25, 0.3) is 0 Å². The van der Waals surface area contributed by atoms with Crippen molar-refractivity contribution in [3.8, 4) is 0 Å². The van der Waals surface area contributed by atoms with Gasteiger partial charge >= 0.3 is 0 Å².